The van der Waals surface area contributed by atoms with Gasteiger partial charge in [0.05, 0.1) is 6.04 Å². The molecule has 0 radical (unpaired) electrons. The van der Waals surface area contributed by atoms with Crippen molar-refractivity contribution in [1.82, 2.24) is 20.9 Å². The Kier molecular flexibility index (Phi) is 9.67. The molecular weight excluding hydrogens is 432 g/mol. The molecule has 156 valence electrons. The van der Waals surface area contributed by atoms with Crippen LogP contribution in [0.3, 0.4) is 0 Å². The van der Waals surface area contributed by atoms with Gasteiger partial charge in [-0.25, -0.2) is 4.79 Å². The fourth-order valence-corrected chi connectivity index (χ4v) is 3.37. The molecule has 0 aromatic heterocycles. The quantitative estimate of drug-likeness (QED) is 0.474. The molecule has 1 atom stereocenters. The van der Waals surface area contributed by atoms with Crippen LogP contribution in [-0.2, 0) is 0 Å². The summed E-state index contributed by atoms with van der Waals surface area (Å²) in [6.45, 7) is 7.28. The highest BCUT2D eigenvalue weighted by atomic mass is 79.9. The molecule has 0 aliphatic carbocycles. The van der Waals surface area contributed by atoms with Gasteiger partial charge in [-0.1, -0.05) is 60.1 Å². The average molecular weight is 461 g/mol. The maximum atomic E-state index is 12.2. The van der Waals surface area contributed by atoms with Gasteiger partial charge in [-0.15, -0.1) is 0 Å². The van der Waals surface area contributed by atoms with E-state index in [1.54, 1.807) is 12.1 Å². The van der Waals surface area contributed by atoms with Gasteiger partial charge >= 0.3 is 6.03 Å². The molecule has 1 unspecified atom stereocenters. The molecule has 0 saturated heterocycles. The highest BCUT2D eigenvalue weighted by Crippen LogP contribution is 2.19. The van der Waals surface area contributed by atoms with Crippen LogP contribution in [0.5, 0.6) is 0 Å². The Morgan fingerprint density at radius 1 is 0.897 bits per heavy atom. The van der Waals surface area contributed by atoms with Gasteiger partial charge in [0, 0.05) is 29.7 Å². The van der Waals surface area contributed by atoms with Crippen LogP contribution in [0.2, 0.25) is 0 Å². The maximum Gasteiger partial charge on any atom is 0.314 e. The van der Waals surface area contributed by atoms with Crippen molar-refractivity contribution in [2.45, 2.75) is 19.9 Å². The van der Waals surface area contributed by atoms with Gasteiger partial charge in [-0.05, 0) is 42.9 Å². The Labute approximate surface area is 181 Å². The number of benzene rings is 2. The van der Waals surface area contributed by atoms with E-state index in [0.29, 0.717) is 25.2 Å². The van der Waals surface area contributed by atoms with Gasteiger partial charge in [0.1, 0.15) is 0 Å². The minimum atomic E-state index is -0.240. The van der Waals surface area contributed by atoms with E-state index in [-0.39, 0.29) is 18.0 Å². The molecule has 2 aromatic carbocycles. The molecule has 7 heteroatoms. The monoisotopic (exact) mass is 460 g/mol. The molecule has 0 spiro atoms. The Morgan fingerprint density at radius 3 is 2.14 bits per heavy atom. The zero-order chi connectivity index (χ0) is 21.1. The summed E-state index contributed by atoms with van der Waals surface area (Å²) in [4.78, 5) is 26.5. The smallest absolute Gasteiger partial charge is 0.314 e. The van der Waals surface area contributed by atoms with Crippen molar-refractivity contribution >= 4 is 27.9 Å². The molecule has 2 rings (SSSR count). The topological polar surface area (TPSA) is 73.5 Å². The third-order valence-electron chi connectivity index (χ3n) is 4.70. The van der Waals surface area contributed by atoms with Crippen molar-refractivity contribution in [1.29, 1.82) is 0 Å². The van der Waals surface area contributed by atoms with Crippen molar-refractivity contribution < 1.29 is 9.59 Å². The van der Waals surface area contributed by atoms with E-state index in [2.05, 4.69) is 62.8 Å². The number of nitrogens with zero attached hydrogens (tertiary/aromatic N) is 1. The van der Waals surface area contributed by atoms with Gasteiger partial charge in [0.15, 0.2) is 0 Å². The normalized spacial score (nSPS) is 11.7. The fourth-order valence-electron chi connectivity index (χ4n) is 3.10. The number of hydrogen-bond acceptors (Lipinski definition) is 3. The highest BCUT2D eigenvalue weighted by Gasteiger charge is 2.18. The lowest BCUT2D eigenvalue weighted by Gasteiger charge is -2.30. The number of likely N-dealkylation sites (N-methyl/N-ethyl adjacent to an activating group) is 1. The molecule has 3 N–H and O–H groups in total. The van der Waals surface area contributed by atoms with Crippen molar-refractivity contribution in [2.24, 2.45) is 0 Å². The summed E-state index contributed by atoms with van der Waals surface area (Å²) in [6, 6.07) is 17.2. The first-order chi connectivity index (χ1) is 14.0. The highest BCUT2D eigenvalue weighted by molar-refractivity contribution is 9.10. The Hall–Kier alpha value is -2.38. The molecule has 0 bridgehead atoms. The summed E-state index contributed by atoms with van der Waals surface area (Å²) < 4.78 is 0.922. The number of carbonyl (C=O) groups is 2. The standard InChI is InChI=1S/C22H29BrN4O2/c1-3-27(4-2)20(17-8-6-5-7-9-17)16-26-22(29)25-15-14-24-21(28)18-10-12-19(23)13-11-18/h5-13,20H,3-4,14-16H2,1-2H3,(H,24,28)(H2,25,26,29). The van der Waals surface area contributed by atoms with E-state index in [0.717, 1.165) is 17.6 Å². The summed E-state index contributed by atoms with van der Waals surface area (Å²) in [5, 5.41) is 8.53. The first-order valence-corrected chi connectivity index (χ1v) is 10.7. The number of rotatable bonds is 10. The molecule has 0 heterocycles. The second-order valence-electron chi connectivity index (χ2n) is 6.55. The second kappa shape index (κ2) is 12.2. The van der Waals surface area contributed by atoms with Crippen LogP contribution < -0.4 is 16.0 Å². The van der Waals surface area contributed by atoms with Crippen molar-refractivity contribution in [3.05, 3.63) is 70.2 Å². The van der Waals surface area contributed by atoms with E-state index >= 15 is 0 Å². The van der Waals surface area contributed by atoms with Crippen LogP contribution >= 0.6 is 15.9 Å². The van der Waals surface area contributed by atoms with E-state index in [4.69, 9.17) is 0 Å². The Bertz CT molecular complexity index is 764. The number of carbonyl (C=O) groups excluding carboxylic acids is 2. The van der Waals surface area contributed by atoms with Crippen molar-refractivity contribution in [3.63, 3.8) is 0 Å². The molecular formula is C22H29BrN4O2. The third-order valence-corrected chi connectivity index (χ3v) is 5.22. The summed E-state index contributed by atoms with van der Waals surface area (Å²) in [6.07, 6.45) is 0. The molecule has 0 aliphatic heterocycles. The van der Waals surface area contributed by atoms with Crippen LogP contribution in [-0.4, -0.2) is 49.6 Å². The predicted molar refractivity (Wildman–Crippen MR) is 120 cm³/mol. The molecule has 0 saturated carbocycles. The lowest BCUT2D eigenvalue weighted by Crippen LogP contribution is -2.44. The van der Waals surface area contributed by atoms with Crippen LogP contribution in [0.4, 0.5) is 4.79 Å². The van der Waals surface area contributed by atoms with Gasteiger partial charge in [0.25, 0.3) is 5.91 Å². The molecule has 0 aliphatic rings. The minimum absolute atomic E-state index is 0.119. The van der Waals surface area contributed by atoms with E-state index in [1.807, 2.05) is 30.3 Å². The Morgan fingerprint density at radius 2 is 1.52 bits per heavy atom. The van der Waals surface area contributed by atoms with Gasteiger partial charge < -0.3 is 16.0 Å². The lowest BCUT2D eigenvalue weighted by molar-refractivity contribution is 0.0954. The summed E-state index contributed by atoms with van der Waals surface area (Å²) in [5.41, 5.74) is 1.76. The summed E-state index contributed by atoms with van der Waals surface area (Å²) in [7, 11) is 0. The molecule has 6 nitrogen and oxygen atoms in total. The SMILES string of the molecule is CCN(CC)C(CNC(=O)NCCNC(=O)c1ccc(Br)cc1)c1ccccc1. The molecule has 2 aromatic rings. The van der Waals surface area contributed by atoms with E-state index in [9.17, 15) is 9.59 Å². The maximum absolute atomic E-state index is 12.2. The first-order valence-electron chi connectivity index (χ1n) is 9.89. The largest absolute Gasteiger partial charge is 0.350 e. The fraction of sp³-hybridized carbons (Fsp3) is 0.364. The summed E-state index contributed by atoms with van der Waals surface area (Å²) in [5.74, 6) is -0.162. The number of nitrogens with one attached hydrogen (secondary N) is 3. The van der Waals surface area contributed by atoms with Crippen LogP contribution in [0.25, 0.3) is 0 Å². The van der Waals surface area contributed by atoms with Crippen LogP contribution in [0, 0.1) is 0 Å². The number of hydrogen-bond donors (Lipinski definition) is 3. The van der Waals surface area contributed by atoms with E-state index in [1.165, 1.54) is 5.56 Å². The van der Waals surface area contributed by atoms with Gasteiger partial charge in [-0.2, -0.15) is 0 Å². The Balaban J connectivity index is 1.76. The van der Waals surface area contributed by atoms with Crippen molar-refractivity contribution in [3.8, 4) is 0 Å². The number of urea groups is 1. The third kappa shape index (κ3) is 7.51. The lowest BCUT2D eigenvalue weighted by atomic mass is 10.1. The van der Waals surface area contributed by atoms with Crippen LogP contribution in [0.15, 0.2) is 59.1 Å². The van der Waals surface area contributed by atoms with Gasteiger partial charge in [-0.3, -0.25) is 9.69 Å². The number of amides is 3. The zero-order valence-electron chi connectivity index (χ0n) is 17.0. The van der Waals surface area contributed by atoms with E-state index < -0.39 is 0 Å². The predicted octanol–water partition coefficient (Wildman–Crippen LogP) is 3.56. The second-order valence-corrected chi connectivity index (χ2v) is 7.46. The van der Waals surface area contributed by atoms with Crippen LogP contribution in [0.1, 0.15) is 35.8 Å². The summed E-state index contributed by atoms with van der Waals surface area (Å²) >= 11 is 3.34. The van der Waals surface area contributed by atoms with Crippen molar-refractivity contribution in [2.75, 3.05) is 32.7 Å². The minimum Gasteiger partial charge on any atom is -0.350 e. The molecule has 0 fully saturated rings. The number of halogens is 1. The molecule has 3 amide bonds. The average Bonchev–Trinajstić information content (AvgIpc) is 2.75. The molecule has 29 heavy (non-hydrogen) atoms. The zero-order valence-corrected chi connectivity index (χ0v) is 18.5. The van der Waals surface area contributed by atoms with Gasteiger partial charge in [0.2, 0.25) is 0 Å². The first kappa shape index (κ1) is 22.9.